The number of aromatic nitrogens is 4. The molecule has 0 radical (unpaired) electrons. The molecule has 10 heteroatoms. The van der Waals surface area contributed by atoms with Gasteiger partial charge in [0.25, 0.3) is 0 Å². The molecular weight excluding hydrogens is 441 g/mol. The van der Waals surface area contributed by atoms with Crippen LogP contribution in [0.3, 0.4) is 0 Å². The van der Waals surface area contributed by atoms with E-state index in [1.807, 2.05) is 18.5 Å². The molecule has 0 aliphatic heterocycles. The fourth-order valence-corrected chi connectivity index (χ4v) is 6.25. The van der Waals surface area contributed by atoms with E-state index in [0.29, 0.717) is 18.8 Å². The van der Waals surface area contributed by atoms with Gasteiger partial charge in [0.05, 0.1) is 21.6 Å². The third-order valence-electron chi connectivity index (χ3n) is 6.19. The average Bonchev–Trinajstić information content (AvgIpc) is 3.45. The standard InChI is InChI=1S/C21H21ClFN5O2S/c1-2-12-7-13(27-31(29,30)14-3-4-17(23)16(22)9-14)8-15(12)19-10-25-20-11-26-21-18(28(19)20)5-6-24-21/h3-6,9-13,15,24,27H,2,7-8H2,1H3/t12-,13+,15+/m1/s1. The van der Waals surface area contributed by atoms with Crippen LogP contribution in [0.4, 0.5) is 4.39 Å². The van der Waals surface area contributed by atoms with Crippen molar-refractivity contribution in [3.8, 4) is 0 Å². The van der Waals surface area contributed by atoms with Gasteiger partial charge >= 0.3 is 0 Å². The van der Waals surface area contributed by atoms with Gasteiger partial charge in [-0.2, -0.15) is 0 Å². The highest BCUT2D eigenvalue weighted by Gasteiger charge is 2.38. The van der Waals surface area contributed by atoms with E-state index in [-0.39, 0.29) is 21.9 Å². The van der Waals surface area contributed by atoms with Gasteiger partial charge in [-0.15, -0.1) is 0 Å². The highest BCUT2D eigenvalue weighted by molar-refractivity contribution is 7.89. The predicted octanol–water partition coefficient (Wildman–Crippen LogP) is 4.25. The first-order valence-corrected chi connectivity index (χ1v) is 12.0. The van der Waals surface area contributed by atoms with Crippen LogP contribution in [0.25, 0.3) is 16.8 Å². The Morgan fingerprint density at radius 3 is 2.87 bits per heavy atom. The minimum Gasteiger partial charge on any atom is -0.345 e. The molecule has 1 saturated carbocycles. The lowest BCUT2D eigenvalue weighted by atomic mass is 9.91. The number of nitrogens with zero attached hydrogens (tertiary/aromatic N) is 3. The molecule has 4 aromatic rings. The zero-order chi connectivity index (χ0) is 21.8. The van der Waals surface area contributed by atoms with Crippen molar-refractivity contribution in [2.45, 2.75) is 43.0 Å². The van der Waals surface area contributed by atoms with Crippen molar-refractivity contribution < 1.29 is 12.8 Å². The second-order valence-electron chi connectivity index (χ2n) is 7.99. The maximum absolute atomic E-state index is 13.5. The number of benzene rings is 1. The van der Waals surface area contributed by atoms with Crippen LogP contribution in [-0.2, 0) is 10.0 Å². The topological polar surface area (TPSA) is 92.2 Å². The average molecular weight is 462 g/mol. The molecule has 3 heterocycles. The highest BCUT2D eigenvalue weighted by Crippen LogP contribution is 2.42. The van der Waals surface area contributed by atoms with Gasteiger partial charge < -0.3 is 4.98 Å². The summed E-state index contributed by atoms with van der Waals surface area (Å²) in [5.41, 5.74) is 3.55. The molecule has 2 N–H and O–H groups in total. The maximum Gasteiger partial charge on any atom is 0.240 e. The number of halogens is 2. The SMILES string of the molecule is CC[C@@H]1C[C@H](NS(=O)(=O)c2ccc(F)c(Cl)c2)C[C@@H]1c1cnc2cnc3[nH]ccc3n12. The van der Waals surface area contributed by atoms with Crippen molar-refractivity contribution in [3.05, 3.63) is 59.4 Å². The van der Waals surface area contributed by atoms with Crippen LogP contribution in [0.15, 0.2) is 47.8 Å². The molecule has 162 valence electrons. The minimum atomic E-state index is -3.81. The fraction of sp³-hybridized carbons (Fsp3) is 0.333. The molecule has 0 bridgehead atoms. The number of hydrogen-bond acceptors (Lipinski definition) is 4. The summed E-state index contributed by atoms with van der Waals surface area (Å²) in [4.78, 5) is 12.0. The maximum atomic E-state index is 13.5. The highest BCUT2D eigenvalue weighted by atomic mass is 35.5. The fourth-order valence-electron chi connectivity index (χ4n) is 4.72. The van der Waals surface area contributed by atoms with Crippen molar-refractivity contribution in [2.24, 2.45) is 5.92 Å². The van der Waals surface area contributed by atoms with Gasteiger partial charge in [-0.25, -0.2) is 27.5 Å². The number of H-pyrrole nitrogens is 1. The number of imidazole rings is 1. The molecule has 0 unspecified atom stereocenters. The van der Waals surface area contributed by atoms with Crippen LogP contribution < -0.4 is 4.72 Å². The monoisotopic (exact) mass is 461 g/mol. The summed E-state index contributed by atoms with van der Waals surface area (Å²) < 4.78 is 44.1. The van der Waals surface area contributed by atoms with Crippen LogP contribution in [0.2, 0.25) is 5.02 Å². The summed E-state index contributed by atoms with van der Waals surface area (Å²) in [6.07, 6.45) is 7.72. The Balaban J connectivity index is 1.46. The van der Waals surface area contributed by atoms with Crippen molar-refractivity contribution >= 4 is 38.4 Å². The van der Waals surface area contributed by atoms with E-state index in [1.54, 1.807) is 6.20 Å². The minimum absolute atomic E-state index is 0.0368. The summed E-state index contributed by atoms with van der Waals surface area (Å²) in [6.45, 7) is 2.12. The number of aromatic amines is 1. The Labute approximate surface area is 183 Å². The Bertz CT molecular complexity index is 1380. The van der Waals surface area contributed by atoms with E-state index in [9.17, 15) is 12.8 Å². The summed E-state index contributed by atoms with van der Waals surface area (Å²) in [5, 5.41) is -0.214. The van der Waals surface area contributed by atoms with Crippen LogP contribution in [0, 0.1) is 11.7 Å². The lowest BCUT2D eigenvalue weighted by molar-refractivity contribution is 0.457. The van der Waals surface area contributed by atoms with Crippen LogP contribution in [0.5, 0.6) is 0 Å². The third kappa shape index (κ3) is 3.50. The molecule has 3 aromatic heterocycles. The molecule has 0 spiro atoms. The van der Waals surface area contributed by atoms with Gasteiger partial charge in [-0.1, -0.05) is 24.9 Å². The summed E-state index contributed by atoms with van der Waals surface area (Å²) >= 11 is 5.78. The Morgan fingerprint density at radius 2 is 2.10 bits per heavy atom. The Morgan fingerprint density at radius 1 is 1.26 bits per heavy atom. The first-order chi connectivity index (χ1) is 14.9. The first-order valence-electron chi connectivity index (χ1n) is 10.1. The largest absolute Gasteiger partial charge is 0.345 e. The Kier molecular flexibility index (Phi) is 4.99. The molecule has 0 saturated heterocycles. The molecular formula is C21H21ClFN5O2S. The number of sulfonamides is 1. The molecule has 5 rings (SSSR count). The third-order valence-corrected chi connectivity index (χ3v) is 8.00. The number of hydrogen-bond donors (Lipinski definition) is 2. The smallest absolute Gasteiger partial charge is 0.240 e. The zero-order valence-corrected chi connectivity index (χ0v) is 18.3. The molecule has 3 atom stereocenters. The van der Waals surface area contributed by atoms with Gasteiger partial charge in [-0.3, -0.25) is 4.40 Å². The van der Waals surface area contributed by atoms with E-state index in [0.717, 1.165) is 41.1 Å². The molecule has 7 nitrogen and oxygen atoms in total. The molecule has 1 aliphatic carbocycles. The van der Waals surface area contributed by atoms with Gasteiger partial charge in [0.15, 0.2) is 11.3 Å². The van der Waals surface area contributed by atoms with Crippen LogP contribution in [0.1, 0.15) is 37.8 Å². The second kappa shape index (κ2) is 7.58. The van der Waals surface area contributed by atoms with Crippen molar-refractivity contribution in [1.82, 2.24) is 24.1 Å². The van der Waals surface area contributed by atoms with Crippen LogP contribution in [-0.4, -0.2) is 33.8 Å². The molecule has 1 aromatic carbocycles. The molecule has 31 heavy (non-hydrogen) atoms. The van der Waals surface area contributed by atoms with Gasteiger partial charge in [0, 0.05) is 30.0 Å². The predicted molar refractivity (Wildman–Crippen MR) is 116 cm³/mol. The summed E-state index contributed by atoms with van der Waals surface area (Å²) in [7, 11) is -3.81. The van der Waals surface area contributed by atoms with Gasteiger partial charge in [0.1, 0.15) is 5.82 Å². The van der Waals surface area contributed by atoms with E-state index >= 15 is 0 Å². The molecule has 0 amide bonds. The first kappa shape index (κ1) is 20.4. The summed E-state index contributed by atoms with van der Waals surface area (Å²) in [6, 6.07) is 5.17. The zero-order valence-electron chi connectivity index (χ0n) is 16.7. The summed E-state index contributed by atoms with van der Waals surface area (Å²) in [5.74, 6) is -0.206. The van der Waals surface area contributed by atoms with Crippen molar-refractivity contribution in [1.29, 1.82) is 0 Å². The van der Waals surface area contributed by atoms with Gasteiger partial charge in [0.2, 0.25) is 10.0 Å². The number of rotatable bonds is 5. The number of fused-ring (bicyclic) bond motifs is 3. The Hall–Kier alpha value is -2.49. The molecule has 1 aliphatic rings. The molecule has 1 fully saturated rings. The van der Waals surface area contributed by atoms with E-state index in [1.165, 1.54) is 6.07 Å². The van der Waals surface area contributed by atoms with E-state index in [2.05, 4.69) is 31.0 Å². The quantitative estimate of drug-likeness (QED) is 0.464. The lowest BCUT2D eigenvalue weighted by Crippen LogP contribution is -2.33. The van der Waals surface area contributed by atoms with Crippen LogP contribution >= 0.6 is 11.6 Å². The van der Waals surface area contributed by atoms with Crippen molar-refractivity contribution in [2.75, 3.05) is 0 Å². The number of nitrogens with one attached hydrogen (secondary N) is 2. The van der Waals surface area contributed by atoms with E-state index < -0.39 is 15.8 Å². The normalized spacial score (nSPS) is 22.0. The lowest BCUT2D eigenvalue weighted by Gasteiger charge is -2.17. The van der Waals surface area contributed by atoms with Gasteiger partial charge in [-0.05, 0) is 43.0 Å². The van der Waals surface area contributed by atoms with Crippen molar-refractivity contribution in [3.63, 3.8) is 0 Å². The van der Waals surface area contributed by atoms with E-state index in [4.69, 9.17) is 11.6 Å². The second-order valence-corrected chi connectivity index (χ2v) is 10.1.